The van der Waals surface area contributed by atoms with Crippen molar-refractivity contribution in [1.29, 1.82) is 0 Å². The summed E-state index contributed by atoms with van der Waals surface area (Å²) in [5.74, 6) is 6.79. The Balaban J connectivity index is 2.04. The molecule has 2 rings (SSSR count). The average molecular weight is 329 g/mol. The largest absolute Gasteiger partial charge is 0.335 e. The maximum Gasteiger partial charge on any atom is 0.233 e. The molecule has 1 heterocycles. The van der Waals surface area contributed by atoms with Gasteiger partial charge in [0.05, 0.1) is 5.75 Å². The van der Waals surface area contributed by atoms with Gasteiger partial charge in [0.15, 0.2) is 5.82 Å². The van der Waals surface area contributed by atoms with Crippen LogP contribution in [0.5, 0.6) is 0 Å². The third-order valence-corrected chi connectivity index (χ3v) is 4.00. The number of nitrogens with two attached hydrogens (primary N) is 1. The summed E-state index contributed by atoms with van der Waals surface area (Å²) < 4.78 is 1.40. The lowest BCUT2D eigenvalue weighted by Gasteiger charge is -2.18. The summed E-state index contributed by atoms with van der Waals surface area (Å²) in [6, 6.07) is 9.54. The van der Waals surface area contributed by atoms with E-state index in [4.69, 9.17) is 5.84 Å². The zero-order chi connectivity index (χ0) is 16.7. The minimum atomic E-state index is -0.0286. The van der Waals surface area contributed by atoms with Crippen molar-refractivity contribution in [3.8, 4) is 11.4 Å². The standard InChI is InChI=1S/C16H19N5OS/c1-3-10-20(11-4-2)14(22)12-23-16-19-18-15(21(16)17)13-8-6-5-7-9-13/h3-9H,1-2,10-12,17H2. The monoisotopic (exact) mass is 329 g/mol. The van der Waals surface area contributed by atoms with Gasteiger partial charge in [-0.15, -0.1) is 23.4 Å². The molecular weight excluding hydrogens is 310 g/mol. The van der Waals surface area contributed by atoms with Crippen LogP contribution in [0.15, 0.2) is 60.8 Å². The Bertz CT molecular complexity index is 673. The molecule has 2 N–H and O–H groups in total. The Morgan fingerprint density at radius 3 is 2.48 bits per heavy atom. The topological polar surface area (TPSA) is 77.0 Å². The van der Waals surface area contributed by atoms with Crippen LogP contribution in [0.3, 0.4) is 0 Å². The van der Waals surface area contributed by atoms with E-state index in [9.17, 15) is 4.79 Å². The van der Waals surface area contributed by atoms with Crippen molar-refractivity contribution in [2.45, 2.75) is 5.16 Å². The van der Waals surface area contributed by atoms with Gasteiger partial charge >= 0.3 is 0 Å². The Labute approximate surface area is 139 Å². The van der Waals surface area contributed by atoms with Crippen molar-refractivity contribution < 1.29 is 4.79 Å². The normalized spacial score (nSPS) is 10.3. The molecule has 23 heavy (non-hydrogen) atoms. The third-order valence-electron chi connectivity index (χ3n) is 3.07. The maximum absolute atomic E-state index is 12.2. The number of hydrogen-bond acceptors (Lipinski definition) is 5. The molecule has 1 aromatic carbocycles. The molecule has 0 aliphatic heterocycles. The maximum atomic E-state index is 12.2. The molecule has 0 saturated carbocycles. The third kappa shape index (κ3) is 4.23. The molecule has 120 valence electrons. The molecule has 0 bridgehead atoms. The quantitative estimate of drug-likeness (QED) is 0.455. The van der Waals surface area contributed by atoms with Crippen LogP contribution >= 0.6 is 11.8 Å². The van der Waals surface area contributed by atoms with Crippen LogP contribution in [0.2, 0.25) is 0 Å². The van der Waals surface area contributed by atoms with Crippen molar-refractivity contribution in [2.75, 3.05) is 24.7 Å². The lowest BCUT2D eigenvalue weighted by atomic mass is 10.2. The van der Waals surface area contributed by atoms with Crippen LogP contribution in [-0.2, 0) is 4.79 Å². The fourth-order valence-electron chi connectivity index (χ4n) is 1.97. The van der Waals surface area contributed by atoms with Gasteiger partial charge in [0.25, 0.3) is 0 Å². The lowest BCUT2D eigenvalue weighted by Crippen LogP contribution is -2.32. The summed E-state index contributed by atoms with van der Waals surface area (Å²) in [4.78, 5) is 13.9. The first-order chi connectivity index (χ1) is 11.2. The lowest BCUT2D eigenvalue weighted by molar-refractivity contribution is -0.127. The summed E-state index contributed by atoms with van der Waals surface area (Å²) >= 11 is 1.26. The highest BCUT2D eigenvalue weighted by molar-refractivity contribution is 7.99. The number of nitrogen functional groups attached to an aromatic ring is 1. The van der Waals surface area contributed by atoms with Gasteiger partial charge in [0.1, 0.15) is 0 Å². The molecule has 0 unspecified atom stereocenters. The fraction of sp³-hybridized carbons (Fsp3) is 0.188. The second kappa shape index (κ2) is 8.19. The molecule has 0 radical (unpaired) electrons. The molecule has 6 nitrogen and oxygen atoms in total. The molecule has 0 spiro atoms. The van der Waals surface area contributed by atoms with Crippen LogP contribution in [-0.4, -0.2) is 44.5 Å². The summed E-state index contributed by atoms with van der Waals surface area (Å²) in [6.45, 7) is 8.27. The molecule has 0 fully saturated rings. The van der Waals surface area contributed by atoms with Crippen LogP contribution in [0, 0.1) is 0 Å². The van der Waals surface area contributed by atoms with Gasteiger partial charge in [-0.1, -0.05) is 54.2 Å². The molecule has 0 aliphatic carbocycles. The van der Waals surface area contributed by atoms with Crippen molar-refractivity contribution in [3.05, 3.63) is 55.6 Å². The van der Waals surface area contributed by atoms with Crippen LogP contribution in [0.4, 0.5) is 0 Å². The van der Waals surface area contributed by atoms with Gasteiger partial charge in [-0.25, -0.2) is 4.68 Å². The number of carbonyl (C=O) groups excluding carboxylic acids is 1. The van der Waals surface area contributed by atoms with Crippen molar-refractivity contribution in [2.24, 2.45) is 0 Å². The molecule has 0 saturated heterocycles. The van der Waals surface area contributed by atoms with Crippen LogP contribution < -0.4 is 5.84 Å². The van der Waals surface area contributed by atoms with Gasteiger partial charge in [-0.05, 0) is 0 Å². The van der Waals surface area contributed by atoms with E-state index in [0.717, 1.165) is 5.56 Å². The number of aromatic nitrogens is 3. The predicted molar refractivity (Wildman–Crippen MR) is 93.3 cm³/mol. The second-order valence-electron chi connectivity index (χ2n) is 4.71. The highest BCUT2D eigenvalue weighted by Gasteiger charge is 2.16. The highest BCUT2D eigenvalue weighted by Crippen LogP contribution is 2.21. The Kier molecular flexibility index (Phi) is 5.99. The van der Waals surface area contributed by atoms with Crippen LogP contribution in [0.25, 0.3) is 11.4 Å². The van der Waals surface area contributed by atoms with Gasteiger partial charge in [-0.2, -0.15) is 0 Å². The molecule has 1 amide bonds. The van der Waals surface area contributed by atoms with E-state index < -0.39 is 0 Å². The molecular formula is C16H19N5OS. The van der Waals surface area contributed by atoms with E-state index in [1.54, 1.807) is 17.1 Å². The van der Waals surface area contributed by atoms with Gasteiger partial charge in [0.2, 0.25) is 11.1 Å². The molecule has 1 aromatic heterocycles. The number of thioether (sulfide) groups is 1. The van der Waals surface area contributed by atoms with E-state index in [0.29, 0.717) is 24.1 Å². The first-order valence-corrected chi connectivity index (χ1v) is 8.04. The van der Waals surface area contributed by atoms with E-state index in [1.807, 2.05) is 30.3 Å². The van der Waals surface area contributed by atoms with Gasteiger partial charge in [-0.3, -0.25) is 4.79 Å². The van der Waals surface area contributed by atoms with Crippen molar-refractivity contribution >= 4 is 17.7 Å². The minimum Gasteiger partial charge on any atom is -0.335 e. The molecule has 7 heteroatoms. The number of nitrogens with zero attached hydrogens (tertiary/aromatic N) is 4. The summed E-state index contributed by atoms with van der Waals surface area (Å²) in [7, 11) is 0. The summed E-state index contributed by atoms with van der Waals surface area (Å²) in [5, 5.41) is 8.64. The Hall–Kier alpha value is -2.54. The zero-order valence-corrected chi connectivity index (χ0v) is 13.6. The smallest absolute Gasteiger partial charge is 0.233 e. The van der Waals surface area contributed by atoms with Gasteiger partial charge < -0.3 is 10.7 Å². The van der Waals surface area contributed by atoms with Crippen molar-refractivity contribution in [1.82, 2.24) is 19.8 Å². The highest BCUT2D eigenvalue weighted by atomic mass is 32.2. The summed E-state index contributed by atoms with van der Waals surface area (Å²) in [6.07, 6.45) is 3.37. The number of rotatable bonds is 8. The minimum absolute atomic E-state index is 0.0286. The number of hydrogen-bond donors (Lipinski definition) is 1. The van der Waals surface area contributed by atoms with E-state index in [2.05, 4.69) is 23.4 Å². The zero-order valence-electron chi connectivity index (χ0n) is 12.8. The Morgan fingerprint density at radius 2 is 1.87 bits per heavy atom. The number of benzene rings is 1. The molecule has 2 aromatic rings. The first-order valence-electron chi connectivity index (χ1n) is 7.05. The van der Waals surface area contributed by atoms with Crippen LogP contribution in [0.1, 0.15) is 0 Å². The number of amides is 1. The van der Waals surface area contributed by atoms with Gasteiger partial charge in [0, 0.05) is 18.7 Å². The van der Waals surface area contributed by atoms with E-state index in [-0.39, 0.29) is 11.7 Å². The van der Waals surface area contributed by atoms with E-state index >= 15 is 0 Å². The summed E-state index contributed by atoms with van der Waals surface area (Å²) in [5.41, 5.74) is 0.876. The molecule has 0 atom stereocenters. The molecule has 0 aliphatic rings. The fourth-order valence-corrected chi connectivity index (χ4v) is 2.73. The second-order valence-corrected chi connectivity index (χ2v) is 5.65. The number of carbonyl (C=O) groups is 1. The van der Waals surface area contributed by atoms with Crippen molar-refractivity contribution in [3.63, 3.8) is 0 Å². The predicted octanol–water partition coefficient (Wildman–Crippen LogP) is 1.95. The first kappa shape index (κ1) is 16.8. The average Bonchev–Trinajstić information content (AvgIpc) is 2.94. The van der Waals surface area contributed by atoms with E-state index in [1.165, 1.54) is 16.4 Å². The SMILES string of the molecule is C=CCN(CC=C)C(=O)CSc1nnc(-c2ccccc2)n1N. The Morgan fingerprint density at radius 1 is 1.22 bits per heavy atom.